The summed E-state index contributed by atoms with van der Waals surface area (Å²) >= 11 is 1.51. The van der Waals surface area contributed by atoms with Gasteiger partial charge in [-0.2, -0.15) is 0 Å². The second-order valence-electron chi connectivity index (χ2n) is 15.8. The zero-order valence-electron chi connectivity index (χ0n) is 31.2. The van der Waals surface area contributed by atoms with E-state index in [4.69, 9.17) is 19.4 Å². The zero-order valence-corrected chi connectivity index (χ0v) is 32.9. The first-order valence-electron chi connectivity index (χ1n) is 18.6. The van der Waals surface area contributed by atoms with Crippen LogP contribution in [0.25, 0.3) is 21.6 Å². The molecule has 0 saturated heterocycles. The zero-order chi connectivity index (χ0) is 37.9. The van der Waals surface area contributed by atoms with E-state index in [1.165, 1.54) is 11.3 Å². The van der Waals surface area contributed by atoms with Gasteiger partial charge in [-0.05, 0) is 83.3 Å². The minimum atomic E-state index is -3.84. The van der Waals surface area contributed by atoms with Crippen molar-refractivity contribution >= 4 is 50.0 Å². The maximum Gasteiger partial charge on any atom is 0.259 e. The Kier molecular flexibility index (Phi) is 9.84. The van der Waals surface area contributed by atoms with E-state index in [1.54, 1.807) is 19.1 Å². The summed E-state index contributed by atoms with van der Waals surface area (Å²) in [5.41, 5.74) is 0.799. The van der Waals surface area contributed by atoms with Crippen molar-refractivity contribution in [2.24, 2.45) is 17.8 Å². The first kappa shape index (κ1) is 37.3. The first-order valence-corrected chi connectivity index (χ1v) is 21.0. The molecule has 0 radical (unpaired) electrons. The van der Waals surface area contributed by atoms with Gasteiger partial charge in [0.25, 0.3) is 5.91 Å². The van der Waals surface area contributed by atoms with E-state index in [9.17, 15) is 22.8 Å². The van der Waals surface area contributed by atoms with Crippen molar-refractivity contribution in [3.05, 3.63) is 47.0 Å². The van der Waals surface area contributed by atoms with Crippen LogP contribution in [0.4, 0.5) is 0 Å². The average Bonchev–Trinajstić information content (AvgIpc) is 4.00. The molecule has 3 aliphatic carbocycles. The minimum Gasteiger partial charge on any atom is -0.496 e. The number of amides is 3. The molecular weight excluding hydrogens is 715 g/mol. The number of hydrogen-bond donors (Lipinski definition) is 2. The van der Waals surface area contributed by atoms with Crippen LogP contribution in [0.3, 0.4) is 0 Å². The lowest BCUT2D eigenvalue weighted by Gasteiger charge is -2.28. The lowest BCUT2D eigenvalue weighted by atomic mass is 9.93. The number of carbonyl (C=O) groups excluding carboxylic acids is 3. The van der Waals surface area contributed by atoms with Gasteiger partial charge in [0.05, 0.1) is 35.4 Å². The predicted molar refractivity (Wildman–Crippen MR) is 203 cm³/mol. The van der Waals surface area contributed by atoms with Crippen LogP contribution < -0.4 is 19.5 Å². The number of allylic oxidation sites excluding steroid dienone is 1. The molecule has 3 fully saturated rings. The fraction of sp³-hybridized carbons (Fsp3) is 0.564. The highest BCUT2D eigenvalue weighted by Gasteiger charge is 2.62. The molecule has 0 bridgehead atoms. The molecule has 3 heterocycles. The Labute approximate surface area is 315 Å². The smallest absolute Gasteiger partial charge is 0.259 e. The number of benzene rings is 1. The molecule has 3 amide bonds. The molecule has 3 saturated carbocycles. The summed E-state index contributed by atoms with van der Waals surface area (Å²) < 4.78 is 40.5. The third-order valence-electron chi connectivity index (χ3n) is 11.3. The highest BCUT2D eigenvalue weighted by Crippen LogP contribution is 2.49. The van der Waals surface area contributed by atoms with Crippen molar-refractivity contribution in [2.45, 2.75) is 101 Å². The highest BCUT2D eigenvalue weighted by atomic mass is 32.2. The molecule has 284 valence electrons. The van der Waals surface area contributed by atoms with Gasteiger partial charge in [0.1, 0.15) is 33.3 Å². The molecule has 1 aliphatic heterocycles. The van der Waals surface area contributed by atoms with Gasteiger partial charge in [-0.1, -0.05) is 26.0 Å². The molecular formula is C39H49N5O7S2. The van der Waals surface area contributed by atoms with Gasteiger partial charge in [-0.3, -0.25) is 19.1 Å². The highest BCUT2D eigenvalue weighted by molar-refractivity contribution is 7.91. The maximum atomic E-state index is 14.4. The van der Waals surface area contributed by atoms with Crippen molar-refractivity contribution in [2.75, 3.05) is 20.7 Å². The lowest BCUT2D eigenvalue weighted by Crippen LogP contribution is -2.54. The number of hydrogen-bond acceptors (Lipinski definition) is 10. The third kappa shape index (κ3) is 7.28. The number of methoxy groups -OCH3 is 1. The van der Waals surface area contributed by atoms with Crippen LogP contribution in [0, 0.1) is 24.7 Å². The molecule has 7 rings (SSSR count). The second kappa shape index (κ2) is 14.0. The van der Waals surface area contributed by atoms with Crippen LogP contribution in [-0.4, -0.2) is 78.1 Å². The summed E-state index contributed by atoms with van der Waals surface area (Å²) in [4.78, 5) is 53.9. The number of aromatic nitrogens is 2. The third-order valence-corrected chi connectivity index (χ3v) is 14.0. The SMILES string of the molecule is COc1ccc2c(O[C@@]3(C)CC4C(=O)NC5(C(=O)NS(=O)(=O)C6CC6)CC5/C=C\CCCCN(C)C(=O)C4C3)cc(-c3nc(C(C)C)cs3)nc2c1C. The molecule has 4 aliphatic rings. The number of nitrogens with one attached hydrogen (secondary N) is 2. The predicted octanol–water partition coefficient (Wildman–Crippen LogP) is 5.64. The number of nitrogens with zero attached hydrogens (tertiary/aromatic N) is 3. The van der Waals surface area contributed by atoms with Gasteiger partial charge >= 0.3 is 0 Å². The van der Waals surface area contributed by atoms with E-state index >= 15 is 0 Å². The molecule has 12 nitrogen and oxygen atoms in total. The summed E-state index contributed by atoms with van der Waals surface area (Å²) in [5.74, 6) is -1.74. The number of pyridine rings is 1. The fourth-order valence-electron chi connectivity index (χ4n) is 7.89. The summed E-state index contributed by atoms with van der Waals surface area (Å²) in [7, 11) is -0.451. The van der Waals surface area contributed by atoms with Crippen molar-refractivity contribution in [1.29, 1.82) is 0 Å². The molecule has 2 N–H and O–H groups in total. The number of aryl methyl sites for hydroxylation is 1. The van der Waals surface area contributed by atoms with Crippen molar-refractivity contribution in [3.8, 4) is 22.2 Å². The lowest BCUT2D eigenvalue weighted by molar-refractivity contribution is -0.140. The topological polar surface area (TPSA) is 157 Å². The molecule has 0 spiro atoms. The van der Waals surface area contributed by atoms with Crippen LogP contribution in [0.15, 0.2) is 35.7 Å². The van der Waals surface area contributed by atoms with Gasteiger partial charge in [0, 0.05) is 41.9 Å². The van der Waals surface area contributed by atoms with Gasteiger partial charge < -0.3 is 19.7 Å². The van der Waals surface area contributed by atoms with Crippen molar-refractivity contribution in [1.82, 2.24) is 24.9 Å². The van der Waals surface area contributed by atoms with Crippen LogP contribution in [0.5, 0.6) is 11.5 Å². The molecule has 2 aromatic heterocycles. The first-order chi connectivity index (χ1) is 25.1. The van der Waals surface area contributed by atoms with E-state index in [0.29, 0.717) is 42.1 Å². The van der Waals surface area contributed by atoms with Gasteiger partial charge in [-0.15, -0.1) is 11.3 Å². The van der Waals surface area contributed by atoms with Crippen LogP contribution >= 0.6 is 11.3 Å². The number of rotatable bonds is 8. The van der Waals surface area contributed by atoms with Crippen molar-refractivity contribution in [3.63, 3.8) is 0 Å². The number of ether oxygens (including phenoxy) is 2. The number of carbonyl (C=O) groups is 3. The van der Waals surface area contributed by atoms with E-state index in [0.717, 1.165) is 40.9 Å². The number of fused-ring (bicyclic) bond motifs is 3. The normalized spacial score (nSPS) is 28.5. The molecule has 1 aromatic carbocycles. The minimum absolute atomic E-state index is 0.155. The summed E-state index contributed by atoms with van der Waals surface area (Å²) in [6.07, 6.45) is 8.03. The Hall–Kier alpha value is -4.04. The van der Waals surface area contributed by atoms with Gasteiger partial charge in [-0.25, -0.2) is 18.4 Å². The Balaban J connectivity index is 1.24. The Bertz CT molecular complexity index is 2090. The van der Waals surface area contributed by atoms with Crippen LogP contribution in [0.2, 0.25) is 0 Å². The van der Waals surface area contributed by atoms with E-state index in [-0.39, 0.29) is 37.0 Å². The standard InChI is InChI=1S/C39H49N5O7S2/c1-22(2)30-21-52-35(41-30)29-17-32(26-14-15-31(50-6)23(3)33(26)40-29)51-38(4)19-27-28(20-38)36(46)44(5)16-10-8-7-9-11-24-18-39(24,42-34(27)45)37(47)43-53(48,49)25-12-13-25/h9,11,14-15,17,21-22,24-25,27-28H,7-8,10,12-13,16,18-20H2,1-6H3,(H,42,45)(H,43,47)/b11-9-/t24?,27?,28?,38-,39?/m0/s1. The molecule has 4 unspecified atom stereocenters. The van der Waals surface area contributed by atoms with E-state index in [2.05, 4.69) is 23.9 Å². The Morgan fingerprint density at radius 1 is 1.09 bits per heavy atom. The summed E-state index contributed by atoms with van der Waals surface area (Å²) in [6.45, 7) is 8.61. The second-order valence-corrected chi connectivity index (χ2v) is 18.6. The molecule has 5 atom stereocenters. The molecule has 14 heteroatoms. The van der Waals surface area contributed by atoms with Gasteiger partial charge in [0.15, 0.2) is 0 Å². The van der Waals surface area contributed by atoms with Crippen LogP contribution in [-0.2, 0) is 24.4 Å². The largest absolute Gasteiger partial charge is 0.496 e. The number of sulfonamides is 1. The Morgan fingerprint density at radius 2 is 1.85 bits per heavy atom. The van der Waals surface area contributed by atoms with Gasteiger partial charge in [0.2, 0.25) is 21.8 Å². The van der Waals surface area contributed by atoms with Crippen LogP contribution in [0.1, 0.15) is 89.3 Å². The summed E-state index contributed by atoms with van der Waals surface area (Å²) in [5, 5.41) is 5.95. The fourth-order valence-corrected chi connectivity index (χ4v) is 10.2. The molecule has 53 heavy (non-hydrogen) atoms. The van der Waals surface area contributed by atoms with Crippen molar-refractivity contribution < 1.29 is 32.3 Å². The maximum absolute atomic E-state index is 14.4. The number of thiazole rings is 1. The Morgan fingerprint density at radius 3 is 2.55 bits per heavy atom. The van der Waals surface area contributed by atoms with E-state index < -0.39 is 50.1 Å². The monoisotopic (exact) mass is 763 g/mol. The summed E-state index contributed by atoms with van der Waals surface area (Å²) in [6, 6.07) is 5.67. The van der Waals surface area contributed by atoms with E-state index in [1.807, 2.05) is 49.6 Å². The average molecular weight is 764 g/mol. The quantitative estimate of drug-likeness (QED) is 0.277. The molecule has 3 aromatic rings.